The number of ether oxygens (including phenoxy) is 3. The van der Waals surface area contributed by atoms with Gasteiger partial charge in [-0.2, -0.15) is 0 Å². The first-order valence-corrected chi connectivity index (χ1v) is 24.8. The van der Waals surface area contributed by atoms with E-state index < -0.39 is 32.6 Å². The van der Waals surface area contributed by atoms with E-state index in [0.29, 0.717) is 96.5 Å². The molecule has 0 spiro atoms. The zero-order valence-corrected chi connectivity index (χ0v) is 40.5. The van der Waals surface area contributed by atoms with Crippen LogP contribution in [0.25, 0.3) is 0 Å². The summed E-state index contributed by atoms with van der Waals surface area (Å²) in [7, 11) is -3.53. The fraction of sp³-hybridized carbons (Fsp3) is 0.479. The van der Waals surface area contributed by atoms with Gasteiger partial charge in [-0.15, -0.1) is 0 Å². The van der Waals surface area contributed by atoms with Gasteiger partial charge in [0, 0.05) is 89.5 Å². The smallest absolute Gasteiger partial charge is 0.342 e. The lowest BCUT2D eigenvalue weighted by Crippen LogP contribution is -2.60. The quantitative estimate of drug-likeness (QED) is 0.0742. The van der Waals surface area contributed by atoms with Crippen LogP contribution in [0.4, 0.5) is 5.69 Å². The number of anilines is 1. The standard InChI is InChI=1S/C48H59Cl4N3O7S/c1-45(2)32-54(24-20-47(45,57)30-34-8-12-36(49)13-9-34)22-6-26-60-42-18-16-38(51)28-40(42)44(56)62-48(31-35-10-14-37(50)15-11-35)21-25-55(33-46(48,3)4)23-7-27-61-43-19-17-39(52)29-41(43)53-63(5,58)59/h8-19,28-29,53,57H,6-7,20-27,30-33H2,1-5H3. The second-order valence-electron chi connectivity index (χ2n) is 18.4. The largest absolute Gasteiger partial charge is 0.493 e. The van der Waals surface area contributed by atoms with Gasteiger partial charge in [-0.25, -0.2) is 13.2 Å². The predicted octanol–water partition coefficient (Wildman–Crippen LogP) is 10.5. The minimum atomic E-state index is -3.53. The highest BCUT2D eigenvalue weighted by Crippen LogP contribution is 2.46. The molecule has 342 valence electrons. The number of rotatable bonds is 18. The summed E-state index contributed by atoms with van der Waals surface area (Å²) in [5.74, 6) is 0.303. The maximum absolute atomic E-state index is 14.4. The van der Waals surface area contributed by atoms with Crippen molar-refractivity contribution in [2.45, 2.75) is 77.4 Å². The molecular weight excluding hydrogens is 904 g/mol. The van der Waals surface area contributed by atoms with E-state index in [1.165, 1.54) is 6.07 Å². The highest BCUT2D eigenvalue weighted by atomic mass is 35.5. The predicted molar refractivity (Wildman–Crippen MR) is 255 cm³/mol. The number of nitrogens with one attached hydrogen (secondary N) is 1. The van der Waals surface area contributed by atoms with E-state index >= 15 is 0 Å². The molecule has 0 aromatic heterocycles. The molecule has 15 heteroatoms. The minimum Gasteiger partial charge on any atom is -0.493 e. The molecule has 2 unspecified atom stereocenters. The number of esters is 1. The number of carbonyl (C=O) groups is 1. The monoisotopic (exact) mass is 961 g/mol. The Hall–Kier alpha value is -3.26. The normalized spacial score (nSPS) is 21.4. The summed E-state index contributed by atoms with van der Waals surface area (Å²) in [5.41, 5.74) is 0.0295. The Morgan fingerprint density at radius 1 is 0.683 bits per heavy atom. The number of piperidine rings is 2. The second kappa shape index (κ2) is 20.5. The van der Waals surface area contributed by atoms with Gasteiger partial charge < -0.3 is 29.1 Å². The lowest BCUT2D eigenvalue weighted by molar-refractivity contribution is -0.127. The molecule has 4 aromatic carbocycles. The average molecular weight is 964 g/mol. The number of benzene rings is 4. The van der Waals surface area contributed by atoms with Crippen LogP contribution >= 0.6 is 46.4 Å². The Balaban J connectivity index is 1.08. The van der Waals surface area contributed by atoms with Gasteiger partial charge in [0.05, 0.1) is 30.8 Å². The van der Waals surface area contributed by atoms with Crippen molar-refractivity contribution < 1.29 is 32.5 Å². The molecule has 0 saturated carbocycles. The van der Waals surface area contributed by atoms with Gasteiger partial charge in [-0.05, 0) is 91.1 Å². The molecule has 2 aliphatic heterocycles. The maximum Gasteiger partial charge on any atom is 0.342 e. The van der Waals surface area contributed by atoms with Gasteiger partial charge in [0.25, 0.3) is 0 Å². The van der Waals surface area contributed by atoms with Gasteiger partial charge >= 0.3 is 5.97 Å². The van der Waals surface area contributed by atoms with Crippen LogP contribution in [0.5, 0.6) is 11.5 Å². The Kier molecular flexibility index (Phi) is 16.0. The van der Waals surface area contributed by atoms with E-state index in [1.54, 1.807) is 30.3 Å². The van der Waals surface area contributed by atoms with E-state index in [2.05, 4.69) is 42.2 Å². The molecule has 2 saturated heterocycles. The van der Waals surface area contributed by atoms with Crippen molar-refractivity contribution in [1.29, 1.82) is 0 Å². The second-order valence-corrected chi connectivity index (χ2v) is 21.9. The molecule has 2 N–H and O–H groups in total. The lowest BCUT2D eigenvalue weighted by atomic mass is 9.67. The van der Waals surface area contributed by atoms with Crippen molar-refractivity contribution in [2.75, 3.05) is 63.5 Å². The van der Waals surface area contributed by atoms with E-state index in [-0.39, 0.29) is 16.7 Å². The maximum atomic E-state index is 14.4. The van der Waals surface area contributed by atoms with Gasteiger partial charge in [-0.1, -0.05) is 98.4 Å². The fourth-order valence-electron chi connectivity index (χ4n) is 8.93. The number of carbonyl (C=O) groups excluding carboxylic acids is 1. The fourth-order valence-corrected chi connectivity index (χ4v) is 10.1. The number of nitrogens with zero attached hydrogens (tertiary/aromatic N) is 2. The van der Waals surface area contributed by atoms with Crippen LogP contribution in [0, 0.1) is 10.8 Å². The summed E-state index contributed by atoms with van der Waals surface area (Å²) >= 11 is 25.0. The van der Waals surface area contributed by atoms with E-state index in [4.69, 9.17) is 60.6 Å². The van der Waals surface area contributed by atoms with Gasteiger partial charge in [0.2, 0.25) is 10.0 Å². The number of hydrogen-bond donors (Lipinski definition) is 2. The first-order valence-electron chi connectivity index (χ1n) is 21.4. The Morgan fingerprint density at radius 2 is 1.17 bits per heavy atom. The summed E-state index contributed by atoms with van der Waals surface area (Å²) in [6.07, 6.45) is 4.72. The van der Waals surface area contributed by atoms with Crippen LogP contribution in [-0.2, 0) is 27.6 Å². The van der Waals surface area contributed by atoms with Gasteiger partial charge in [0.1, 0.15) is 22.7 Å². The van der Waals surface area contributed by atoms with Crippen molar-refractivity contribution in [2.24, 2.45) is 10.8 Å². The number of likely N-dealkylation sites (tertiary alicyclic amines) is 2. The van der Waals surface area contributed by atoms with Crippen molar-refractivity contribution in [3.05, 3.63) is 122 Å². The Morgan fingerprint density at radius 3 is 1.73 bits per heavy atom. The Bertz CT molecular complexity index is 2310. The summed E-state index contributed by atoms with van der Waals surface area (Å²) in [6, 6.07) is 25.2. The van der Waals surface area contributed by atoms with E-state index in [1.807, 2.05) is 48.5 Å². The summed E-state index contributed by atoms with van der Waals surface area (Å²) in [5, 5.41) is 13.9. The molecule has 0 amide bonds. The van der Waals surface area contributed by atoms with Crippen molar-refractivity contribution in [3.63, 3.8) is 0 Å². The molecule has 0 radical (unpaired) electrons. The van der Waals surface area contributed by atoms with Crippen LogP contribution in [0.2, 0.25) is 20.1 Å². The first kappa shape index (κ1) is 49.2. The zero-order chi connectivity index (χ0) is 45.6. The first-order chi connectivity index (χ1) is 29.6. The molecule has 2 heterocycles. The van der Waals surface area contributed by atoms with Crippen LogP contribution in [0.15, 0.2) is 84.9 Å². The van der Waals surface area contributed by atoms with Gasteiger partial charge in [0.15, 0.2) is 0 Å². The molecule has 6 rings (SSSR count). The number of aliphatic hydroxyl groups is 1. The van der Waals surface area contributed by atoms with Crippen LogP contribution in [0.1, 0.15) is 74.9 Å². The third-order valence-corrected chi connectivity index (χ3v) is 14.2. The minimum absolute atomic E-state index is 0.270. The van der Waals surface area contributed by atoms with Crippen LogP contribution in [0.3, 0.4) is 0 Å². The Labute approximate surface area is 393 Å². The highest BCUT2D eigenvalue weighted by Gasteiger charge is 2.52. The van der Waals surface area contributed by atoms with E-state index in [9.17, 15) is 18.3 Å². The molecule has 4 aromatic rings. The highest BCUT2D eigenvalue weighted by molar-refractivity contribution is 7.92. The summed E-state index contributed by atoms with van der Waals surface area (Å²) < 4.78 is 45.4. The third-order valence-electron chi connectivity index (χ3n) is 12.7. The van der Waals surface area contributed by atoms with Crippen LogP contribution < -0.4 is 14.2 Å². The molecule has 0 bridgehead atoms. The molecule has 0 aliphatic carbocycles. The average Bonchev–Trinajstić information content (AvgIpc) is 3.20. The summed E-state index contributed by atoms with van der Waals surface area (Å²) in [4.78, 5) is 19.2. The number of hydrogen-bond acceptors (Lipinski definition) is 9. The molecule has 63 heavy (non-hydrogen) atoms. The number of sulfonamides is 1. The zero-order valence-electron chi connectivity index (χ0n) is 36.7. The third kappa shape index (κ3) is 13.0. The summed E-state index contributed by atoms with van der Waals surface area (Å²) in [6.45, 7) is 13.5. The number of halogens is 4. The van der Waals surface area contributed by atoms with Gasteiger partial charge in [-0.3, -0.25) is 4.72 Å². The van der Waals surface area contributed by atoms with E-state index in [0.717, 1.165) is 43.4 Å². The molecule has 10 nitrogen and oxygen atoms in total. The molecular formula is C48H59Cl4N3O7S. The van der Waals surface area contributed by atoms with Crippen molar-refractivity contribution >= 4 is 68.1 Å². The van der Waals surface area contributed by atoms with Crippen molar-refractivity contribution in [3.8, 4) is 11.5 Å². The SMILES string of the molecule is CC1(C)CN(CCCOc2ccc(Cl)cc2C(=O)OC2(Cc3ccc(Cl)cc3)CCN(CCCOc3ccc(Cl)cc3NS(C)(=O)=O)CC2(C)C)CCC1(O)Cc1ccc(Cl)cc1. The molecule has 2 aliphatic rings. The topological polar surface area (TPSA) is 118 Å². The molecule has 2 fully saturated rings. The van der Waals surface area contributed by atoms with Crippen LogP contribution in [-0.4, -0.2) is 99.2 Å². The van der Waals surface area contributed by atoms with Crippen molar-refractivity contribution in [1.82, 2.24) is 9.80 Å². The molecule has 2 atom stereocenters. The lowest BCUT2D eigenvalue weighted by Gasteiger charge is -2.52.